The topological polar surface area (TPSA) is 69.6 Å². The number of rotatable bonds is 7. The van der Waals surface area contributed by atoms with Crippen LogP contribution in [0.1, 0.15) is 38.2 Å². The molecule has 5 heteroatoms. The van der Waals surface area contributed by atoms with Crippen LogP contribution >= 0.6 is 0 Å². The maximum Gasteiger partial charge on any atom is 0.221 e. The Balaban J connectivity index is 1.76. The Labute approximate surface area is 131 Å². The molecule has 0 aliphatic heterocycles. The number of nitrogens with zero attached hydrogens (tertiary/aromatic N) is 1. The average Bonchev–Trinajstić information content (AvgIpc) is 2.48. The van der Waals surface area contributed by atoms with Gasteiger partial charge < -0.3 is 15.3 Å². The standard InChI is InChI=1S/C17H24N2O3/c1-14(20)19(12-15-6-3-2-4-7-15)11-8-16(21)18-13-17(22)9-5-10-17/h2-4,6-7,22H,5,8-13H2,1H3,(H,18,21). The first kappa shape index (κ1) is 16.5. The summed E-state index contributed by atoms with van der Waals surface area (Å²) < 4.78 is 0. The molecule has 22 heavy (non-hydrogen) atoms. The van der Waals surface area contributed by atoms with Crippen molar-refractivity contribution in [3.05, 3.63) is 35.9 Å². The summed E-state index contributed by atoms with van der Waals surface area (Å²) in [5.74, 6) is -0.172. The third kappa shape index (κ3) is 4.84. The number of benzene rings is 1. The molecule has 2 amide bonds. The SMILES string of the molecule is CC(=O)N(CCC(=O)NCC1(O)CCC1)Cc1ccccc1. The normalized spacial score (nSPS) is 15.7. The highest BCUT2D eigenvalue weighted by Gasteiger charge is 2.34. The molecule has 0 aromatic heterocycles. The molecule has 0 saturated heterocycles. The van der Waals surface area contributed by atoms with Crippen molar-refractivity contribution in [3.8, 4) is 0 Å². The zero-order valence-corrected chi connectivity index (χ0v) is 13.0. The number of nitrogens with one attached hydrogen (secondary N) is 1. The lowest BCUT2D eigenvalue weighted by molar-refractivity contribution is -0.130. The van der Waals surface area contributed by atoms with Crippen LogP contribution in [0, 0.1) is 0 Å². The van der Waals surface area contributed by atoms with Crippen molar-refractivity contribution in [3.63, 3.8) is 0 Å². The van der Waals surface area contributed by atoms with Gasteiger partial charge in [0.2, 0.25) is 11.8 Å². The summed E-state index contributed by atoms with van der Waals surface area (Å²) in [6.45, 7) is 2.71. The number of aliphatic hydroxyl groups is 1. The minimum absolute atomic E-state index is 0.0470. The van der Waals surface area contributed by atoms with E-state index in [4.69, 9.17) is 0 Å². The van der Waals surface area contributed by atoms with E-state index >= 15 is 0 Å². The Kier molecular flexibility index (Phi) is 5.55. The average molecular weight is 304 g/mol. The molecule has 1 fully saturated rings. The predicted octanol–water partition coefficient (Wildman–Crippen LogP) is 1.46. The van der Waals surface area contributed by atoms with Crippen LogP contribution in [-0.2, 0) is 16.1 Å². The largest absolute Gasteiger partial charge is 0.388 e. The van der Waals surface area contributed by atoms with E-state index < -0.39 is 5.60 Å². The van der Waals surface area contributed by atoms with Crippen molar-refractivity contribution < 1.29 is 14.7 Å². The molecule has 1 saturated carbocycles. The fraction of sp³-hybridized carbons (Fsp3) is 0.529. The molecule has 1 aromatic carbocycles. The first-order valence-electron chi connectivity index (χ1n) is 7.77. The molecular weight excluding hydrogens is 280 g/mol. The van der Waals surface area contributed by atoms with E-state index in [0.29, 0.717) is 19.6 Å². The summed E-state index contributed by atoms with van der Waals surface area (Å²) in [6, 6.07) is 9.71. The van der Waals surface area contributed by atoms with Crippen molar-refractivity contribution in [1.29, 1.82) is 0 Å². The summed E-state index contributed by atoms with van der Waals surface area (Å²) in [4.78, 5) is 25.2. The third-order valence-corrected chi connectivity index (χ3v) is 4.17. The molecule has 1 aliphatic rings. The Hall–Kier alpha value is -1.88. The fourth-order valence-corrected chi connectivity index (χ4v) is 2.50. The van der Waals surface area contributed by atoms with Crippen molar-refractivity contribution in [1.82, 2.24) is 10.2 Å². The van der Waals surface area contributed by atoms with Crippen LogP contribution in [0.15, 0.2) is 30.3 Å². The predicted molar refractivity (Wildman–Crippen MR) is 84.0 cm³/mol. The Morgan fingerprint density at radius 2 is 1.95 bits per heavy atom. The molecule has 2 N–H and O–H groups in total. The van der Waals surface area contributed by atoms with Crippen molar-refractivity contribution >= 4 is 11.8 Å². The first-order chi connectivity index (χ1) is 10.5. The molecule has 5 nitrogen and oxygen atoms in total. The highest BCUT2D eigenvalue weighted by molar-refractivity contribution is 5.78. The van der Waals surface area contributed by atoms with Gasteiger partial charge in [-0.1, -0.05) is 30.3 Å². The van der Waals surface area contributed by atoms with Crippen molar-refractivity contribution in [2.45, 2.75) is 44.8 Å². The summed E-state index contributed by atoms with van der Waals surface area (Å²) >= 11 is 0. The van der Waals surface area contributed by atoms with Gasteiger partial charge in [-0.15, -0.1) is 0 Å². The number of hydrogen-bond acceptors (Lipinski definition) is 3. The van der Waals surface area contributed by atoms with Gasteiger partial charge in [-0.25, -0.2) is 0 Å². The molecule has 2 rings (SSSR count). The third-order valence-electron chi connectivity index (χ3n) is 4.17. The second-order valence-electron chi connectivity index (χ2n) is 6.03. The van der Waals surface area contributed by atoms with Gasteiger partial charge in [0.05, 0.1) is 5.60 Å². The van der Waals surface area contributed by atoms with Gasteiger partial charge in [-0.05, 0) is 24.8 Å². The maximum absolute atomic E-state index is 11.8. The van der Waals surface area contributed by atoms with E-state index in [1.807, 2.05) is 30.3 Å². The smallest absolute Gasteiger partial charge is 0.221 e. The quantitative estimate of drug-likeness (QED) is 0.801. The van der Waals surface area contributed by atoms with Crippen LogP contribution in [0.3, 0.4) is 0 Å². The van der Waals surface area contributed by atoms with E-state index in [0.717, 1.165) is 24.8 Å². The molecule has 0 radical (unpaired) electrons. The van der Waals surface area contributed by atoms with Gasteiger partial charge in [-0.2, -0.15) is 0 Å². The monoisotopic (exact) mass is 304 g/mol. The molecule has 1 aliphatic carbocycles. The molecular formula is C17H24N2O3. The van der Waals surface area contributed by atoms with Gasteiger partial charge in [0.1, 0.15) is 0 Å². The Bertz CT molecular complexity index is 512. The lowest BCUT2D eigenvalue weighted by atomic mass is 9.80. The van der Waals surface area contributed by atoms with Gasteiger partial charge in [0.25, 0.3) is 0 Å². The van der Waals surface area contributed by atoms with Crippen LogP contribution in [0.4, 0.5) is 0 Å². The Morgan fingerprint density at radius 1 is 1.27 bits per heavy atom. The molecule has 0 unspecified atom stereocenters. The highest BCUT2D eigenvalue weighted by Crippen LogP contribution is 2.30. The second-order valence-corrected chi connectivity index (χ2v) is 6.03. The molecule has 0 heterocycles. The highest BCUT2D eigenvalue weighted by atomic mass is 16.3. The minimum Gasteiger partial charge on any atom is -0.388 e. The van der Waals surface area contributed by atoms with Gasteiger partial charge >= 0.3 is 0 Å². The number of hydrogen-bond donors (Lipinski definition) is 2. The Morgan fingerprint density at radius 3 is 2.50 bits per heavy atom. The zero-order valence-electron chi connectivity index (χ0n) is 13.0. The summed E-state index contributed by atoms with van der Waals surface area (Å²) in [5.41, 5.74) is 0.335. The zero-order chi connectivity index (χ0) is 16.0. The van der Waals surface area contributed by atoms with E-state index in [1.165, 1.54) is 6.92 Å². The summed E-state index contributed by atoms with van der Waals surface area (Å²) in [7, 11) is 0. The summed E-state index contributed by atoms with van der Waals surface area (Å²) in [6.07, 6.45) is 2.77. The van der Waals surface area contributed by atoms with Crippen LogP contribution in [0.25, 0.3) is 0 Å². The molecule has 0 bridgehead atoms. The van der Waals surface area contributed by atoms with Gasteiger partial charge in [0.15, 0.2) is 0 Å². The van der Waals surface area contributed by atoms with E-state index in [-0.39, 0.29) is 18.2 Å². The van der Waals surface area contributed by atoms with Crippen LogP contribution in [0.2, 0.25) is 0 Å². The maximum atomic E-state index is 11.8. The number of carbonyl (C=O) groups excluding carboxylic acids is 2. The van der Waals surface area contributed by atoms with E-state index in [2.05, 4.69) is 5.32 Å². The minimum atomic E-state index is -0.708. The molecule has 0 spiro atoms. The fourth-order valence-electron chi connectivity index (χ4n) is 2.50. The second kappa shape index (κ2) is 7.40. The van der Waals surface area contributed by atoms with Gasteiger partial charge in [-0.3, -0.25) is 9.59 Å². The van der Waals surface area contributed by atoms with E-state index in [1.54, 1.807) is 4.90 Å². The van der Waals surface area contributed by atoms with Gasteiger partial charge in [0, 0.05) is 33.0 Å². The van der Waals surface area contributed by atoms with Crippen LogP contribution < -0.4 is 5.32 Å². The molecule has 1 aromatic rings. The van der Waals surface area contributed by atoms with Crippen molar-refractivity contribution in [2.24, 2.45) is 0 Å². The first-order valence-corrected chi connectivity index (χ1v) is 7.77. The lowest BCUT2D eigenvalue weighted by Gasteiger charge is -2.36. The molecule has 0 atom stereocenters. The van der Waals surface area contributed by atoms with Crippen molar-refractivity contribution in [2.75, 3.05) is 13.1 Å². The lowest BCUT2D eigenvalue weighted by Crippen LogP contribution is -2.48. The summed E-state index contributed by atoms with van der Waals surface area (Å²) in [5, 5.41) is 12.7. The van der Waals surface area contributed by atoms with Crippen LogP contribution in [0.5, 0.6) is 0 Å². The van der Waals surface area contributed by atoms with E-state index in [9.17, 15) is 14.7 Å². The number of carbonyl (C=O) groups is 2. The van der Waals surface area contributed by atoms with Crippen LogP contribution in [-0.4, -0.2) is 40.5 Å². The molecule has 120 valence electrons. The number of amides is 2.